The highest BCUT2D eigenvalue weighted by Crippen LogP contribution is 2.25. The first-order valence-corrected chi connectivity index (χ1v) is 10.7. The lowest BCUT2D eigenvalue weighted by atomic mass is 10.1. The molecule has 5 nitrogen and oxygen atoms in total. The molecule has 31 heavy (non-hydrogen) atoms. The van der Waals surface area contributed by atoms with Gasteiger partial charge in [-0.1, -0.05) is 60.1 Å². The molecule has 3 amide bonds. The van der Waals surface area contributed by atoms with Crippen LogP contribution in [0.2, 0.25) is 5.02 Å². The van der Waals surface area contributed by atoms with E-state index in [1.54, 1.807) is 4.90 Å². The van der Waals surface area contributed by atoms with Crippen LogP contribution in [0.3, 0.4) is 0 Å². The lowest BCUT2D eigenvalue weighted by Gasteiger charge is -2.36. The van der Waals surface area contributed by atoms with E-state index in [0.717, 1.165) is 23.2 Å². The summed E-state index contributed by atoms with van der Waals surface area (Å²) in [6, 6.07) is 24.6. The van der Waals surface area contributed by atoms with Crippen LogP contribution in [0.15, 0.2) is 78.9 Å². The Kier molecular flexibility index (Phi) is 6.53. The minimum atomic E-state index is -0.0871. The van der Waals surface area contributed by atoms with Crippen LogP contribution in [-0.4, -0.2) is 29.9 Å². The normalized spacial score (nSPS) is 13.9. The van der Waals surface area contributed by atoms with Gasteiger partial charge in [0, 0.05) is 36.0 Å². The fourth-order valence-electron chi connectivity index (χ4n) is 3.76. The van der Waals surface area contributed by atoms with Crippen molar-refractivity contribution < 1.29 is 9.59 Å². The molecule has 1 heterocycles. The molecule has 4 rings (SSSR count). The summed E-state index contributed by atoms with van der Waals surface area (Å²) in [6.07, 6.45) is 1.18. The van der Waals surface area contributed by atoms with E-state index in [9.17, 15) is 9.59 Å². The first-order valence-electron chi connectivity index (χ1n) is 10.3. The van der Waals surface area contributed by atoms with Gasteiger partial charge in [-0.2, -0.15) is 0 Å². The molecule has 6 heteroatoms. The van der Waals surface area contributed by atoms with Crippen LogP contribution in [0.5, 0.6) is 0 Å². The van der Waals surface area contributed by atoms with Crippen molar-refractivity contribution >= 4 is 34.9 Å². The fourth-order valence-corrected chi connectivity index (χ4v) is 3.97. The van der Waals surface area contributed by atoms with E-state index >= 15 is 0 Å². The lowest BCUT2D eigenvalue weighted by Crippen LogP contribution is -2.49. The minimum absolute atomic E-state index is 0.0426. The maximum absolute atomic E-state index is 13.1. The molecule has 0 saturated carbocycles. The Morgan fingerprint density at radius 3 is 2.48 bits per heavy atom. The zero-order valence-electron chi connectivity index (χ0n) is 17.1. The number of halogens is 1. The summed E-state index contributed by atoms with van der Waals surface area (Å²) in [7, 11) is 0. The maximum Gasteiger partial charge on any atom is 0.324 e. The Labute approximate surface area is 187 Å². The number of hydrogen-bond donors (Lipinski definition) is 1. The van der Waals surface area contributed by atoms with Gasteiger partial charge in [0.05, 0.1) is 6.42 Å². The quantitative estimate of drug-likeness (QED) is 0.569. The summed E-state index contributed by atoms with van der Waals surface area (Å²) in [4.78, 5) is 29.1. The van der Waals surface area contributed by atoms with Gasteiger partial charge in [0.25, 0.3) is 0 Å². The Balaban J connectivity index is 1.43. The summed E-state index contributed by atoms with van der Waals surface area (Å²) in [5.41, 5.74) is 3.42. The van der Waals surface area contributed by atoms with E-state index in [4.69, 9.17) is 11.6 Å². The van der Waals surface area contributed by atoms with Crippen molar-refractivity contribution in [1.29, 1.82) is 0 Å². The number of nitrogens with zero attached hydrogens (tertiary/aromatic N) is 2. The van der Waals surface area contributed by atoms with Gasteiger partial charge >= 0.3 is 6.03 Å². The smallest absolute Gasteiger partial charge is 0.324 e. The summed E-state index contributed by atoms with van der Waals surface area (Å²) < 4.78 is 0. The van der Waals surface area contributed by atoms with Gasteiger partial charge in [0.2, 0.25) is 5.91 Å². The first kappa shape index (κ1) is 20.9. The first-order chi connectivity index (χ1) is 15.1. The SMILES string of the molecule is O=C(Cc1ccccc1)Nc1cccc(N2CCCN(Cc3cccc(Cl)c3)C2=O)c1. The van der Waals surface area contributed by atoms with Gasteiger partial charge < -0.3 is 10.2 Å². The molecule has 1 N–H and O–H groups in total. The van der Waals surface area contributed by atoms with Gasteiger partial charge in [-0.25, -0.2) is 4.79 Å². The third-order valence-electron chi connectivity index (χ3n) is 5.22. The molecule has 0 aromatic heterocycles. The Hall–Kier alpha value is -3.31. The lowest BCUT2D eigenvalue weighted by molar-refractivity contribution is -0.115. The Morgan fingerprint density at radius 2 is 1.68 bits per heavy atom. The molecular weight excluding hydrogens is 410 g/mol. The van der Waals surface area contributed by atoms with Gasteiger partial charge in [-0.05, 0) is 47.9 Å². The summed E-state index contributed by atoms with van der Waals surface area (Å²) >= 11 is 6.09. The fraction of sp³-hybridized carbons (Fsp3) is 0.200. The monoisotopic (exact) mass is 433 g/mol. The van der Waals surface area contributed by atoms with Gasteiger partial charge in [-0.3, -0.25) is 9.69 Å². The van der Waals surface area contributed by atoms with E-state index < -0.39 is 0 Å². The number of rotatable bonds is 6. The molecule has 1 aliphatic heterocycles. The molecule has 1 saturated heterocycles. The summed E-state index contributed by atoms with van der Waals surface area (Å²) in [6.45, 7) is 1.87. The molecule has 3 aromatic carbocycles. The Bertz CT molecular complexity index is 1070. The minimum Gasteiger partial charge on any atom is -0.326 e. The van der Waals surface area contributed by atoms with Crippen molar-refractivity contribution in [3.05, 3.63) is 95.0 Å². The van der Waals surface area contributed by atoms with E-state index in [2.05, 4.69) is 5.32 Å². The second-order valence-electron chi connectivity index (χ2n) is 7.60. The molecule has 0 atom stereocenters. The zero-order valence-corrected chi connectivity index (χ0v) is 17.9. The van der Waals surface area contributed by atoms with Crippen LogP contribution >= 0.6 is 11.6 Å². The van der Waals surface area contributed by atoms with E-state index in [1.165, 1.54) is 0 Å². The molecular formula is C25H24ClN3O2. The van der Waals surface area contributed by atoms with E-state index in [1.807, 2.05) is 83.8 Å². The van der Waals surface area contributed by atoms with Crippen LogP contribution in [0.4, 0.5) is 16.2 Å². The predicted octanol–water partition coefficient (Wildman–Crippen LogP) is 5.35. The van der Waals surface area contributed by atoms with E-state index in [0.29, 0.717) is 36.8 Å². The van der Waals surface area contributed by atoms with Crippen LogP contribution in [0.1, 0.15) is 17.5 Å². The van der Waals surface area contributed by atoms with Crippen molar-refractivity contribution in [2.45, 2.75) is 19.4 Å². The highest BCUT2D eigenvalue weighted by Gasteiger charge is 2.27. The maximum atomic E-state index is 13.1. The molecule has 3 aromatic rings. The van der Waals surface area contributed by atoms with Gasteiger partial charge in [-0.15, -0.1) is 0 Å². The second kappa shape index (κ2) is 9.67. The standard InChI is InChI=1S/C25H24ClN3O2/c26-21-10-4-9-20(15-21)18-28-13-6-14-29(25(28)31)23-12-5-11-22(17-23)27-24(30)16-19-7-2-1-3-8-19/h1-5,7-12,15,17H,6,13-14,16,18H2,(H,27,30). The second-order valence-corrected chi connectivity index (χ2v) is 8.04. The van der Waals surface area contributed by atoms with Crippen LogP contribution in [-0.2, 0) is 17.8 Å². The molecule has 0 bridgehead atoms. The third-order valence-corrected chi connectivity index (χ3v) is 5.46. The average molecular weight is 434 g/mol. The molecule has 0 aliphatic carbocycles. The highest BCUT2D eigenvalue weighted by molar-refractivity contribution is 6.30. The number of carbonyl (C=O) groups excluding carboxylic acids is 2. The van der Waals surface area contributed by atoms with Crippen molar-refractivity contribution in [2.24, 2.45) is 0 Å². The molecule has 1 aliphatic rings. The molecule has 1 fully saturated rings. The zero-order chi connectivity index (χ0) is 21.6. The van der Waals surface area contributed by atoms with Crippen molar-refractivity contribution in [3.63, 3.8) is 0 Å². The number of anilines is 2. The third kappa shape index (κ3) is 5.44. The van der Waals surface area contributed by atoms with E-state index in [-0.39, 0.29) is 11.9 Å². The topological polar surface area (TPSA) is 52.7 Å². The molecule has 0 radical (unpaired) electrons. The van der Waals surface area contributed by atoms with Crippen LogP contribution in [0, 0.1) is 0 Å². The highest BCUT2D eigenvalue weighted by atomic mass is 35.5. The molecule has 158 valence electrons. The number of hydrogen-bond acceptors (Lipinski definition) is 2. The molecule has 0 unspecified atom stereocenters. The summed E-state index contributed by atoms with van der Waals surface area (Å²) in [5, 5.41) is 3.60. The van der Waals surface area contributed by atoms with Crippen molar-refractivity contribution in [2.75, 3.05) is 23.3 Å². The van der Waals surface area contributed by atoms with Gasteiger partial charge in [0.15, 0.2) is 0 Å². The number of carbonyl (C=O) groups is 2. The number of urea groups is 1. The van der Waals surface area contributed by atoms with Crippen LogP contribution in [0.25, 0.3) is 0 Å². The van der Waals surface area contributed by atoms with Gasteiger partial charge in [0.1, 0.15) is 0 Å². The predicted molar refractivity (Wildman–Crippen MR) is 124 cm³/mol. The number of amides is 3. The number of nitrogens with one attached hydrogen (secondary N) is 1. The van der Waals surface area contributed by atoms with Crippen LogP contribution < -0.4 is 10.2 Å². The Morgan fingerprint density at radius 1 is 0.903 bits per heavy atom. The molecule has 0 spiro atoms. The average Bonchev–Trinajstić information content (AvgIpc) is 2.76. The van der Waals surface area contributed by atoms with Crippen molar-refractivity contribution in [1.82, 2.24) is 4.90 Å². The summed E-state index contributed by atoms with van der Waals surface area (Å²) in [5.74, 6) is -0.0871. The largest absolute Gasteiger partial charge is 0.326 e. The van der Waals surface area contributed by atoms with Crippen molar-refractivity contribution in [3.8, 4) is 0 Å². The number of benzene rings is 3.